The summed E-state index contributed by atoms with van der Waals surface area (Å²) in [7, 11) is 0. The first kappa shape index (κ1) is 17.9. The zero-order valence-electron chi connectivity index (χ0n) is 16.1. The summed E-state index contributed by atoms with van der Waals surface area (Å²) < 4.78 is 3.69. The molecule has 5 aromatic rings. The number of anilines is 1. The van der Waals surface area contributed by atoms with Gasteiger partial charge >= 0.3 is 0 Å². The number of para-hydroxylation sites is 3. The van der Waals surface area contributed by atoms with Gasteiger partial charge in [-0.15, -0.1) is 0 Å². The molecule has 0 atom stereocenters. The van der Waals surface area contributed by atoms with E-state index >= 15 is 0 Å². The van der Waals surface area contributed by atoms with E-state index in [1.807, 2.05) is 72.8 Å². The lowest BCUT2D eigenvalue weighted by Gasteiger charge is -2.13. The van der Waals surface area contributed by atoms with Crippen molar-refractivity contribution >= 4 is 22.5 Å². The van der Waals surface area contributed by atoms with Crippen molar-refractivity contribution in [3.63, 3.8) is 0 Å². The van der Waals surface area contributed by atoms with Crippen LogP contribution in [0.15, 0.2) is 97.6 Å². The molecule has 5 rings (SSSR count). The number of benzene rings is 3. The van der Waals surface area contributed by atoms with Crippen molar-refractivity contribution in [3.8, 4) is 5.69 Å². The van der Waals surface area contributed by atoms with E-state index in [0.29, 0.717) is 17.9 Å². The smallest absolute Gasteiger partial charge is 0.272 e. The normalized spacial score (nSPS) is 10.9. The fourth-order valence-electron chi connectivity index (χ4n) is 3.63. The Morgan fingerprint density at radius 2 is 1.67 bits per heavy atom. The molecule has 6 heteroatoms. The molecule has 3 aromatic carbocycles. The van der Waals surface area contributed by atoms with Crippen molar-refractivity contribution in [1.29, 1.82) is 0 Å². The zero-order chi connectivity index (χ0) is 20.3. The number of rotatable bonds is 5. The highest BCUT2D eigenvalue weighted by atomic mass is 16.2. The molecule has 146 valence electrons. The van der Waals surface area contributed by atoms with E-state index in [9.17, 15) is 4.79 Å². The van der Waals surface area contributed by atoms with Crippen LogP contribution in [0.2, 0.25) is 0 Å². The van der Waals surface area contributed by atoms with Crippen LogP contribution >= 0.6 is 0 Å². The lowest BCUT2D eigenvalue weighted by molar-refractivity contribution is 0.101. The van der Waals surface area contributed by atoms with Crippen LogP contribution in [0.25, 0.3) is 16.6 Å². The number of aromatic nitrogens is 4. The summed E-state index contributed by atoms with van der Waals surface area (Å²) in [6.45, 7) is 0.613. The fraction of sp³-hybridized carbons (Fsp3) is 0.0417. The van der Waals surface area contributed by atoms with Crippen molar-refractivity contribution in [1.82, 2.24) is 19.3 Å². The van der Waals surface area contributed by atoms with E-state index < -0.39 is 0 Å². The molecule has 0 aliphatic rings. The highest BCUT2D eigenvalue weighted by Crippen LogP contribution is 2.24. The number of fused-ring (bicyclic) bond motifs is 1. The summed E-state index contributed by atoms with van der Waals surface area (Å²) in [6.07, 6.45) is 3.08. The molecule has 30 heavy (non-hydrogen) atoms. The van der Waals surface area contributed by atoms with E-state index in [2.05, 4.69) is 32.1 Å². The molecule has 0 radical (unpaired) electrons. The molecule has 0 aliphatic carbocycles. The maximum Gasteiger partial charge on any atom is 0.272 e. The van der Waals surface area contributed by atoms with Crippen LogP contribution in [0.4, 0.5) is 5.69 Å². The van der Waals surface area contributed by atoms with Gasteiger partial charge < -0.3 is 9.88 Å². The third-order valence-electron chi connectivity index (χ3n) is 5.04. The Kier molecular flexibility index (Phi) is 4.57. The second-order valence-corrected chi connectivity index (χ2v) is 6.97. The first-order chi connectivity index (χ1) is 14.8. The Labute approximate surface area is 173 Å². The molecule has 0 unspecified atom stereocenters. The first-order valence-corrected chi connectivity index (χ1v) is 9.67. The highest BCUT2D eigenvalue weighted by Gasteiger charge is 2.17. The minimum Gasteiger partial charge on any atom is -0.332 e. The Hall–Kier alpha value is -4.19. The minimum absolute atomic E-state index is 0.172. The van der Waals surface area contributed by atoms with Gasteiger partial charge in [0, 0.05) is 17.4 Å². The quantitative estimate of drug-likeness (QED) is 0.477. The molecule has 0 bridgehead atoms. The van der Waals surface area contributed by atoms with Crippen LogP contribution < -0.4 is 5.32 Å². The molecule has 0 aliphatic heterocycles. The van der Waals surface area contributed by atoms with Crippen LogP contribution in [0.1, 0.15) is 16.1 Å². The Balaban J connectivity index is 1.54. The van der Waals surface area contributed by atoms with Crippen molar-refractivity contribution < 1.29 is 4.79 Å². The second-order valence-electron chi connectivity index (χ2n) is 6.97. The van der Waals surface area contributed by atoms with Crippen LogP contribution in [-0.2, 0) is 6.54 Å². The van der Waals surface area contributed by atoms with Gasteiger partial charge in [0.05, 0.1) is 11.4 Å². The first-order valence-electron chi connectivity index (χ1n) is 9.67. The number of nitrogens with zero attached hydrogens (tertiary/aromatic N) is 4. The second kappa shape index (κ2) is 7.67. The van der Waals surface area contributed by atoms with Gasteiger partial charge in [-0.3, -0.25) is 4.79 Å². The SMILES string of the molecule is O=C(Nc1ccccc1-n1cncn1)c1cc2ccccc2n1Cc1ccccc1. The molecule has 0 spiro atoms. The van der Waals surface area contributed by atoms with Crippen LogP contribution in [0.5, 0.6) is 0 Å². The van der Waals surface area contributed by atoms with Crippen molar-refractivity contribution in [2.45, 2.75) is 6.54 Å². The number of hydrogen-bond donors (Lipinski definition) is 1. The number of carbonyl (C=O) groups is 1. The van der Waals surface area contributed by atoms with Gasteiger partial charge in [0.1, 0.15) is 18.3 Å². The topological polar surface area (TPSA) is 64.7 Å². The summed E-state index contributed by atoms with van der Waals surface area (Å²) in [6, 6.07) is 27.7. The van der Waals surface area contributed by atoms with Gasteiger partial charge in [-0.25, -0.2) is 9.67 Å². The summed E-state index contributed by atoms with van der Waals surface area (Å²) in [5.41, 5.74) is 4.19. The molecule has 0 fully saturated rings. The van der Waals surface area contributed by atoms with Gasteiger partial charge in [0.15, 0.2) is 0 Å². The predicted molar refractivity (Wildman–Crippen MR) is 117 cm³/mol. The molecular formula is C24H19N5O. The van der Waals surface area contributed by atoms with Gasteiger partial charge in [-0.05, 0) is 29.8 Å². The summed E-state index contributed by atoms with van der Waals surface area (Å²) >= 11 is 0. The van der Waals surface area contributed by atoms with E-state index in [4.69, 9.17) is 0 Å². The fourth-order valence-corrected chi connectivity index (χ4v) is 3.63. The van der Waals surface area contributed by atoms with Crippen molar-refractivity contribution in [2.24, 2.45) is 0 Å². The third-order valence-corrected chi connectivity index (χ3v) is 5.04. The molecule has 1 amide bonds. The molecular weight excluding hydrogens is 374 g/mol. The van der Waals surface area contributed by atoms with Crippen LogP contribution in [0.3, 0.4) is 0 Å². The summed E-state index contributed by atoms with van der Waals surface area (Å²) in [5, 5.41) is 8.27. The standard InChI is InChI=1S/C24H19N5O/c30-24(27-20-11-5-7-13-22(20)29-17-25-16-26-29)23-14-19-10-4-6-12-21(19)28(23)15-18-8-2-1-3-9-18/h1-14,16-17H,15H2,(H,27,30). The average molecular weight is 393 g/mol. The van der Waals surface area contributed by atoms with Crippen molar-refractivity contribution in [2.75, 3.05) is 5.32 Å². The molecule has 0 saturated heterocycles. The Morgan fingerprint density at radius 3 is 2.50 bits per heavy atom. The maximum absolute atomic E-state index is 13.3. The lowest BCUT2D eigenvalue weighted by atomic mass is 10.2. The van der Waals surface area contributed by atoms with Crippen LogP contribution in [-0.4, -0.2) is 25.2 Å². The lowest BCUT2D eigenvalue weighted by Crippen LogP contribution is -2.18. The number of carbonyl (C=O) groups excluding carboxylic acids is 1. The molecule has 2 aromatic heterocycles. The summed E-state index contributed by atoms with van der Waals surface area (Å²) in [5.74, 6) is -0.172. The number of hydrogen-bond acceptors (Lipinski definition) is 3. The average Bonchev–Trinajstić information content (AvgIpc) is 3.44. The number of amides is 1. The predicted octanol–water partition coefficient (Wildman–Crippen LogP) is 4.52. The molecule has 1 N–H and O–H groups in total. The van der Waals surface area contributed by atoms with Crippen LogP contribution in [0, 0.1) is 0 Å². The Morgan fingerprint density at radius 1 is 0.900 bits per heavy atom. The van der Waals surface area contributed by atoms with Gasteiger partial charge in [-0.2, -0.15) is 5.10 Å². The van der Waals surface area contributed by atoms with E-state index in [1.54, 1.807) is 11.0 Å². The monoisotopic (exact) mass is 393 g/mol. The van der Waals surface area contributed by atoms with E-state index in [0.717, 1.165) is 22.2 Å². The van der Waals surface area contributed by atoms with Crippen molar-refractivity contribution in [3.05, 3.63) is 109 Å². The number of nitrogens with one attached hydrogen (secondary N) is 1. The molecule has 2 heterocycles. The molecule has 0 saturated carbocycles. The van der Waals surface area contributed by atoms with Gasteiger partial charge in [0.25, 0.3) is 5.91 Å². The maximum atomic E-state index is 13.3. The van der Waals surface area contributed by atoms with Gasteiger partial charge in [-0.1, -0.05) is 60.7 Å². The highest BCUT2D eigenvalue weighted by molar-refractivity contribution is 6.07. The minimum atomic E-state index is -0.172. The Bertz CT molecular complexity index is 1310. The van der Waals surface area contributed by atoms with E-state index in [1.165, 1.54) is 6.33 Å². The molecule has 6 nitrogen and oxygen atoms in total. The van der Waals surface area contributed by atoms with Gasteiger partial charge in [0.2, 0.25) is 0 Å². The van der Waals surface area contributed by atoms with E-state index in [-0.39, 0.29) is 5.91 Å². The largest absolute Gasteiger partial charge is 0.332 e. The third kappa shape index (κ3) is 3.35. The zero-order valence-corrected chi connectivity index (χ0v) is 16.1. The summed E-state index contributed by atoms with van der Waals surface area (Å²) in [4.78, 5) is 17.3.